The van der Waals surface area contributed by atoms with Gasteiger partial charge in [0.1, 0.15) is 0 Å². The van der Waals surface area contributed by atoms with Gasteiger partial charge in [-0.25, -0.2) is 4.79 Å². The number of furan rings is 1. The summed E-state index contributed by atoms with van der Waals surface area (Å²) >= 11 is 0. The lowest BCUT2D eigenvalue weighted by Crippen LogP contribution is -2.16. The first-order valence-corrected chi connectivity index (χ1v) is 6.91. The van der Waals surface area contributed by atoms with Crippen molar-refractivity contribution in [3.05, 3.63) is 47.4 Å². The van der Waals surface area contributed by atoms with Crippen molar-refractivity contribution >= 4 is 23.4 Å². The third kappa shape index (κ3) is 3.46. The predicted octanol–water partition coefficient (Wildman–Crippen LogP) is 3.72. The molecule has 1 heterocycles. The van der Waals surface area contributed by atoms with E-state index in [0.717, 1.165) is 11.1 Å². The molecule has 2 aromatic rings. The van der Waals surface area contributed by atoms with E-state index >= 15 is 0 Å². The average Bonchev–Trinajstić information content (AvgIpc) is 2.90. The summed E-state index contributed by atoms with van der Waals surface area (Å²) in [5.41, 5.74) is 2.66. The van der Waals surface area contributed by atoms with E-state index in [9.17, 15) is 9.59 Å². The van der Waals surface area contributed by atoms with E-state index < -0.39 is 6.09 Å². The number of rotatable bonds is 4. The standard InChI is InChI=1S/C16H18N2O4/c1-4-21-16(20)18-13-7-5-6-12(11(13)3)17-15(19)14-10(2)8-9-22-14/h5-9H,4H2,1-3H3,(H,17,19)(H,18,20). The first kappa shape index (κ1) is 15.6. The van der Waals surface area contributed by atoms with Crippen LogP contribution in [0.2, 0.25) is 0 Å². The fourth-order valence-electron chi connectivity index (χ4n) is 1.97. The minimum atomic E-state index is -0.532. The molecule has 2 rings (SSSR count). The smallest absolute Gasteiger partial charge is 0.411 e. The van der Waals surface area contributed by atoms with Crippen molar-refractivity contribution in [3.8, 4) is 0 Å². The Morgan fingerprint density at radius 2 is 1.82 bits per heavy atom. The number of carbonyl (C=O) groups is 2. The number of nitrogens with one attached hydrogen (secondary N) is 2. The molecule has 6 nitrogen and oxygen atoms in total. The SMILES string of the molecule is CCOC(=O)Nc1cccc(NC(=O)c2occc2C)c1C. The monoisotopic (exact) mass is 302 g/mol. The van der Waals surface area contributed by atoms with Gasteiger partial charge in [0.25, 0.3) is 5.91 Å². The van der Waals surface area contributed by atoms with E-state index in [1.54, 1.807) is 45.0 Å². The molecule has 2 amide bonds. The average molecular weight is 302 g/mol. The zero-order valence-electron chi connectivity index (χ0n) is 12.7. The lowest BCUT2D eigenvalue weighted by atomic mass is 10.1. The van der Waals surface area contributed by atoms with E-state index in [0.29, 0.717) is 18.0 Å². The van der Waals surface area contributed by atoms with Gasteiger partial charge in [-0.1, -0.05) is 6.07 Å². The summed E-state index contributed by atoms with van der Waals surface area (Å²) in [6.45, 7) is 5.62. The normalized spacial score (nSPS) is 10.1. The molecule has 1 aromatic carbocycles. The van der Waals surface area contributed by atoms with E-state index in [-0.39, 0.29) is 11.7 Å². The Morgan fingerprint density at radius 1 is 1.14 bits per heavy atom. The van der Waals surface area contributed by atoms with Crippen LogP contribution in [0.25, 0.3) is 0 Å². The summed E-state index contributed by atoms with van der Waals surface area (Å²) in [4.78, 5) is 23.7. The second-order valence-electron chi connectivity index (χ2n) is 4.71. The molecule has 0 saturated carbocycles. The molecule has 0 atom stereocenters. The summed E-state index contributed by atoms with van der Waals surface area (Å²) in [6.07, 6.45) is 0.937. The van der Waals surface area contributed by atoms with Crippen LogP contribution in [0.4, 0.5) is 16.2 Å². The van der Waals surface area contributed by atoms with Gasteiger partial charge in [-0.3, -0.25) is 10.1 Å². The van der Waals surface area contributed by atoms with Crippen LogP contribution in [0.15, 0.2) is 34.9 Å². The third-order valence-electron chi connectivity index (χ3n) is 3.16. The molecule has 2 N–H and O–H groups in total. The molecule has 0 radical (unpaired) electrons. The summed E-state index contributed by atoms with van der Waals surface area (Å²) in [7, 11) is 0. The maximum atomic E-state index is 12.2. The second-order valence-corrected chi connectivity index (χ2v) is 4.71. The van der Waals surface area contributed by atoms with Crippen LogP contribution in [0.3, 0.4) is 0 Å². The Labute approximate surface area is 128 Å². The van der Waals surface area contributed by atoms with Crippen molar-refractivity contribution in [2.45, 2.75) is 20.8 Å². The highest BCUT2D eigenvalue weighted by Gasteiger charge is 2.15. The summed E-state index contributed by atoms with van der Waals surface area (Å²) < 4.78 is 10.0. The fourth-order valence-corrected chi connectivity index (χ4v) is 1.97. The van der Waals surface area contributed by atoms with E-state index in [4.69, 9.17) is 9.15 Å². The van der Waals surface area contributed by atoms with Gasteiger partial charge in [0.2, 0.25) is 0 Å². The molecule has 1 aromatic heterocycles. The van der Waals surface area contributed by atoms with Gasteiger partial charge in [0.15, 0.2) is 5.76 Å². The third-order valence-corrected chi connectivity index (χ3v) is 3.16. The number of hydrogen-bond donors (Lipinski definition) is 2. The number of aryl methyl sites for hydroxylation is 1. The molecule has 0 unspecified atom stereocenters. The highest BCUT2D eigenvalue weighted by molar-refractivity contribution is 6.04. The molecule has 0 fully saturated rings. The Bertz CT molecular complexity index is 691. The molecular formula is C16H18N2O4. The molecule has 116 valence electrons. The van der Waals surface area contributed by atoms with Crippen LogP contribution in [0.5, 0.6) is 0 Å². The van der Waals surface area contributed by atoms with Gasteiger partial charge in [-0.05, 0) is 44.5 Å². The number of anilines is 2. The first-order valence-electron chi connectivity index (χ1n) is 6.91. The number of carbonyl (C=O) groups excluding carboxylic acids is 2. The number of hydrogen-bond acceptors (Lipinski definition) is 4. The van der Waals surface area contributed by atoms with Crippen LogP contribution < -0.4 is 10.6 Å². The minimum absolute atomic E-state index is 0.267. The van der Waals surface area contributed by atoms with E-state index in [1.807, 2.05) is 0 Å². The van der Waals surface area contributed by atoms with Crippen LogP contribution in [-0.4, -0.2) is 18.6 Å². The van der Waals surface area contributed by atoms with Crippen LogP contribution in [-0.2, 0) is 4.74 Å². The molecule has 6 heteroatoms. The van der Waals surface area contributed by atoms with Gasteiger partial charge < -0.3 is 14.5 Å². The Morgan fingerprint density at radius 3 is 2.41 bits per heavy atom. The van der Waals surface area contributed by atoms with Gasteiger partial charge in [0.05, 0.1) is 12.9 Å². The van der Waals surface area contributed by atoms with Crippen LogP contribution in [0, 0.1) is 13.8 Å². The number of benzene rings is 1. The molecule has 0 aliphatic heterocycles. The molecule has 22 heavy (non-hydrogen) atoms. The molecule has 0 aliphatic rings. The summed E-state index contributed by atoms with van der Waals surface area (Å²) in [5, 5.41) is 5.41. The first-order chi connectivity index (χ1) is 10.5. The summed E-state index contributed by atoms with van der Waals surface area (Å²) in [5.74, 6) is -0.0676. The maximum Gasteiger partial charge on any atom is 0.411 e. The predicted molar refractivity (Wildman–Crippen MR) is 83.2 cm³/mol. The van der Waals surface area contributed by atoms with E-state index in [1.165, 1.54) is 6.26 Å². The Kier molecular flexibility index (Phi) is 4.83. The quantitative estimate of drug-likeness (QED) is 0.902. The van der Waals surface area contributed by atoms with Crippen molar-refractivity contribution < 1.29 is 18.7 Å². The van der Waals surface area contributed by atoms with Gasteiger partial charge in [0, 0.05) is 16.9 Å². The summed E-state index contributed by atoms with van der Waals surface area (Å²) in [6, 6.07) is 6.95. The van der Waals surface area contributed by atoms with E-state index in [2.05, 4.69) is 10.6 Å². The largest absolute Gasteiger partial charge is 0.459 e. The fraction of sp³-hybridized carbons (Fsp3) is 0.250. The van der Waals surface area contributed by atoms with Crippen LogP contribution >= 0.6 is 0 Å². The molecule has 0 saturated heterocycles. The number of ether oxygens (including phenoxy) is 1. The molecule has 0 bridgehead atoms. The van der Waals surface area contributed by atoms with Gasteiger partial charge in [-0.2, -0.15) is 0 Å². The molecular weight excluding hydrogens is 284 g/mol. The zero-order chi connectivity index (χ0) is 16.1. The lowest BCUT2D eigenvalue weighted by molar-refractivity contribution is 0.0995. The number of amides is 2. The van der Waals surface area contributed by atoms with Gasteiger partial charge in [-0.15, -0.1) is 0 Å². The van der Waals surface area contributed by atoms with Crippen molar-refractivity contribution in [2.75, 3.05) is 17.2 Å². The highest BCUT2D eigenvalue weighted by Crippen LogP contribution is 2.24. The highest BCUT2D eigenvalue weighted by atomic mass is 16.5. The zero-order valence-corrected chi connectivity index (χ0v) is 12.7. The van der Waals surface area contributed by atoms with Crippen molar-refractivity contribution in [1.82, 2.24) is 0 Å². The topological polar surface area (TPSA) is 80.6 Å². The molecule has 0 spiro atoms. The maximum absolute atomic E-state index is 12.2. The lowest BCUT2D eigenvalue weighted by Gasteiger charge is -2.13. The van der Waals surface area contributed by atoms with Crippen molar-refractivity contribution in [2.24, 2.45) is 0 Å². The Balaban J connectivity index is 2.17. The van der Waals surface area contributed by atoms with Crippen molar-refractivity contribution in [3.63, 3.8) is 0 Å². The van der Waals surface area contributed by atoms with Crippen molar-refractivity contribution in [1.29, 1.82) is 0 Å². The molecule has 0 aliphatic carbocycles. The minimum Gasteiger partial charge on any atom is -0.459 e. The van der Waals surface area contributed by atoms with Crippen LogP contribution in [0.1, 0.15) is 28.6 Å². The Hall–Kier alpha value is -2.76. The second kappa shape index (κ2) is 6.80. The van der Waals surface area contributed by atoms with Gasteiger partial charge >= 0.3 is 6.09 Å².